The summed E-state index contributed by atoms with van der Waals surface area (Å²) >= 11 is 0. The highest BCUT2D eigenvalue weighted by molar-refractivity contribution is 5.58. The summed E-state index contributed by atoms with van der Waals surface area (Å²) in [7, 11) is 0. The van der Waals surface area contributed by atoms with E-state index in [0.29, 0.717) is 31.4 Å². The third kappa shape index (κ3) is 3.75. The number of benzene rings is 1. The molecule has 0 aliphatic carbocycles. The molecule has 1 fully saturated rings. The van der Waals surface area contributed by atoms with Crippen LogP contribution in [-0.4, -0.2) is 55.6 Å². The van der Waals surface area contributed by atoms with Crippen LogP contribution in [0.2, 0.25) is 0 Å². The summed E-state index contributed by atoms with van der Waals surface area (Å²) in [6, 6.07) is 8.03. The van der Waals surface area contributed by atoms with Crippen LogP contribution in [0, 0.1) is 6.92 Å². The van der Waals surface area contributed by atoms with E-state index in [4.69, 9.17) is 9.26 Å². The van der Waals surface area contributed by atoms with Crippen molar-refractivity contribution >= 4 is 0 Å². The fourth-order valence-corrected chi connectivity index (χ4v) is 3.01. The van der Waals surface area contributed by atoms with Crippen LogP contribution in [0.5, 0.6) is 0 Å². The van der Waals surface area contributed by atoms with E-state index in [-0.39, 0.29) is 6.10 Å². The van der Waals surface area contributed by atoms with Crippen molar-refractivity contribution in [3.8, 4) is 11.4 Å². The third-order valence-corrected chi connectivity index (χ3v) is 4.29. The van der Waals surface area contributed by atoms with Crippen molar-refractivity contribution in [1.82, 2.24) is 29.8 Å². The molecule has 0 bridgehead atoms. The number of hydrogen-bond acceptors (Lipinski definition) is 7. The van der Waals surface area contributed by atoms with Crippen LogP contribution in [0.4, 0.5) is 0 Å². The molecular weight excluding hydrogens is 320 g/mol. The smallest absolute Gasteiger partial charge is 0.241 e. The van der Waals surface area contributed by atoms with E-state index < -0.39 is 0 Å². The van der Waals surface area contributed by atoms with E-state index in [1.54, 1.807) is 11.0 Å². The van der Waals surface area contributed by atoms with Gasteiger partial charge in [0.25, 0.3) is 0 Å². The molecule has 0 spiro atoms. The van der Waals surface area contributed by atoms with Crippen molar-refractivity contribution in [2.45, 2.75) is 26.1 Å². The van der Waals surface area contributed by atoms with E-state index >= 15 is 0 Å². The molecule has 0 saturated carbocycles. The van der Waals surface area contributed by atoms with Gasteiger partial charge in [-0.05, 0) is 12.5 Å². The first-order valence-electron chi connectivity index (χ1n) is 8.33. The van der Waals surface area contributed by atoms with Gasteiger partial charge in [-0.3, -0.25) is 9.58 Å². The van der Waals surface area contributed by atoms with E-state index in [0.717, 1.165) is 24.2 Å². The molecule has 0 unspecified atom stereocenters. The van der Waals surface area contributed by atoms with Crippen molar-refractivity contribution in [1.29, 1.82) is 0 Å². The normalized spacial score (nSPS) is 18.5. The van der Waals surface area contributed by atoms with E-state index in [2.05, 4.69) is 25.1 Å². The molecule has 1 atom stereocenters. The molecule has 130 valence electrons. The molecule has 1 saturated heterocycles. The van der Waals surface area contributed by atoms with Crippen molar-refractivity contribution < 1.29 is 9.26 Å². The fourth-order valence-electron chi connectivity index (χ4n) is 3.01. The van der Waals surface area contributed by atoms with E-state index in [1.165, 1.54) is 6.33 Å². The van der Waals surface area contributed by atoms with Crippen LogP contribution in [0.25, 0.3) is 11.4 Å². The Morgan fingerprint density at radius 2 is 2.20 bits per heavy atom. The van der Waals surface area contributed by atoms with Gasteiger partial charge in [0, 0.05) is 18.7 Å². The molecule has 0 radical (unpaired) electrons. The Morgan fingerprint density at radius 1 is 1.28 bits per heavy atom. The summed E-state index contributed by atoms with van der Waals surface area (Å²) in [5.74, 6) is 1.26. The van der Waals surface area contributed by atoms with Crippen LogP contribution >= 0.6 is 0 Å². The Bertz CT molecular complexity index is 816. The fraction of sp³-hybridized carbons (Fsp3) is 0.412. The Morgan fingerprint density at radius 3 is 3.04 bits per heavy atom. The van der Waals surface area contributed by atoms with Gasteiger partial charge in [0.15, 0.2) is 0 Å². The maximum absolute atomic E-state index is 5.81. The molecule has 8 nitrogen and oxygen atoms in total. The summed E-state index contributed by atoms with van der Waals surface area (Å²) < 4.78 is 13.0. The second-order valence-corrected chi connectivity index (χ2v) is 6.17. The number of aryl methyl sites for hydroxylation is 1. The Kier molecular flexibility index (Phi) is 4.53. The quantitative estimate of drug-likeness (QED) is 0.697. The molecule has 25 heavy (non-hydrogen) atoms. The average molecular weight is 340 g/mol. The van der Waals surface area contributed by atoms with Gasteiger partial charge in [0.05, 0.1) is 25.8 Å². The minimum atomic E-state index is 0.0780. The van der Waals surface area contributed by atoms with Crippen LogP contribution < -0.4 is 0 Å². The molecule has 0 amide bonds. The van der Waals surface area contributed by atoms with Gasteiger partial charge in [0.2, 0.25) is 11.7 Å². The number of ether oxygens (including phenoxy) is 1. The maximum Gasteiger partial charge on any atom is 0.241 e. The Balaban J connectivity index is 1.39. The summed E-state index contributed by atoms with van der Waals surface area (Å²) in [5.41, 5.74) is 2.14. The largest absolute Gasteiger partial charge is 0.374 e. The minimum Gasteiger partial charge on any atom is -0.374 e. The highest BCUT2D eigenvalue weighted by Crippen LogP contribution is 2.20. The highest BCUT2D eigenvalue weighted by Gasteiger charge is 2.23. The van der Waals surface area contributed by atoms with E-state index in [9.17, 15) is 0 Å². The molecule has 1 aliphatic rings. The summed E-state index contributed by atoms with van der Waals surface area (Å²) in [6.45, 7) is 5.67. The molecule has 4 rings (SSSR count). The van der Waals surface area contributed by atoms with Gasteiger partial charge in [0.1, 0.15) is 12.7 Å². The second kappa shape index (κ2) is 7.12. The predicted octanol–water partition coefficient (Wildman–Crippen LogP) is 1.54. The van der Waals surface area contributed by atoms with Gasteiger partial charge >= 0.3 is 0 Å². The number of morpholine rings is 1. The third-order valence-electron chi connectivity index (χ3n) is 4.29. The lowest BCUT2D eigenvalue weighted by atomic mass is 10.1. The summed E-state index contributed by atoms with van der Waals surface area (Å²) in [4.78, 5) is 10.8. The highest BCUT2D eigenvalue weighted by atomic mass is 16.5. The van der Waals surface area contributed by atoms with Gasteiger partial charge in [-0.15, -0.1) is 0 Å². The zero-order valence-electron chi connectivity index (χ0n) is 14.1. The number of nitrogens with zero attached hydrogens (tertiary/aromatic N) is 6. The predicted molar refractivity (Wildman–Crippen MR) is 89.5 cm³/mol. The topological polar surface area (TPSA) is 82.1 Å². The molecule has 3 aromatic rings. The van der Waals surface area contributed by atoms with Crippen LogP contribution in [0.3, 0.4) is 0 Å². The van der Waals surface area contributed by atoms with Gasteiger partial charge < -0.3 is 9.26 Å². The van der Waals surface area contributed by atoms with Crippen molar-refractivity contribution in [2.24, 2.45) is 0 Å². The maximum atomic E-state index is 5.81. The standard InChI is InChI=1S/C17H20N6O2/c1-13-4-2-3-5-15(13)17-20-16(25-21-17)10-22-6-7-24-14(8-22)9-23-12-18-11-19-23/h2-5,11-12,14H,6-10H2,1H3/t14-/m0/s1. The van der Waals surface area contributed by atoms with Crippen LogP contribution in [0.15, 0.2) is 41.4 Å². The second-order valence-electron chi connectivity index (χ2n) is 6.17. The molecule has 1 aromatic carbocycles. The first-order chi connectivity index (χ1) is 12.3. The van der Waals surface area contributed by atoms with Gasteiger partial charge in [-0.2, -0.15) is 10.1 Å². The molecule has 0 N–H and O–H groups in total. The minimum absolute atomic E-state index is 0.0780. The summed E-state index contributed by atoms with van der Waals surface area (Å²) in [6.07, 6.45) is 3.31. The molecule has 1 aliphatic heterocycles. The number of aromatic nitrogens is 5. The zero-order chi connectivity index (χ0) is 17.1. The summed E-state index contributed by atoms with van der Waals surface area (Å²) in [5, 5.41) is 8.26. The number of rotatable bonds is 5. The van der Waals surface area contributed by atoms with Crippen molar-refractivity contribution in [3.63, 3.8) is 0 Å². The Hall–Kier alpha value is -2.58. The van der Waals surface area contributed by atoms with Gasteiger partial charge in [-0.25, -0.2) is 4.98 Å². The molecule has 3 heterocycles. The lowest BCUT2D eigenvalue weighted by molar-refractivity contribution is -0.0426. The van der Waals surface area contributed by atoms with Gasteiger partial charge in [-0.1, -0.05) is 29.4 Å². The number of hydrogen-bond donors (Lipinski definition) is 0. The van der Waals surface area contributed by atoms with Crippen molar-refractivity contribution in [3.05, 3.63) is 48.4 Å². The lowest BCUT2D eigenvalue weighted by Gasteiger charge is -2.31. The SMILES string of the molecule is Cc1ccccc1-c1noc(CN2CCO[C@H](Cn3cncn3)C2)n1. The zero-order valence-corrected chi connectivity index (χ0v) is 14.1. The van der Waals surface area contributed by atoms with E-state index in [1.807, 2.05) is 31.2 Å². The van der Waals surface area contributed by atoms with Crippen LogP contribution in [-0.2, 0) is 17.8 Å². The first kappa shape index (κ1) is 15.9. The monoisotopic (exact) mass is 340 g/mol. The lowest BCUT2D eigenvalue weighted by Crippen LogP contribution is -2.43. The first-order valence-corrected chi connectivity index (χ1v) is 8.33. The Labute approximate surface area is 145 Å². The van der Waals surface area contributed by atoms with Crippen molar-refractivity contribution in [2.75, 3.05) is 19.7 Å². The molecule has 2 aromatic heterocycles. The average Bonchev–Trinajstić information content (AvgIpc) is 3.28. The molecule has 8 heteroatoms. The molecular formula is C17H20N6O2. The van der Waals surface area contributed by atoms with Crippen LogP contribution in [0.1, 0.15) is 11.5 Å².